The third-order valence-electron chi connectivity index (χ3n) is 4.11. The number of aliphatic hydroxyl groups excluding tert-OH is 1. The van der Waals surface area contributed by atoms with Crippen molar-refractivity contribution in [2.75, 3.05) is 13.7 Å². The topological polar surface area (TPSA) is 86.3 Å². The van der Waals surface area contributed by atoms with Gasteiger partial charge in [0.2, 0.25) is 0 Å². The fourth-order valence-corrected chi connectivity index (χ4v) is 3.10. The molecule has 1 fully saturated rings. The van der Waals surface area contributed by atoms with Crippen LogP contribution in [0.25, 0.3) is 0 Å². The highest BCUT2D eigenvalue weighted by atomic mass is 16.8. The monoisotopic (exact) mass is 381 g/mol. The number of benzene rings is 1. The van der Waals surface area contributed by atoms with E-state index >= 15 is 0 Å². The summed E-state index contributed by atoms with van der Waals surface area (Å²) in [5, 5.41) is 12.3. The van der Waals surface area contributed by atoms with E-state index in [0.29, 0.717) is 12.2 Å². The van der Waals surface area contributed by atoms with Gasteiger partial charge in [-0.2, -0.15) is 0 Å². The van der Waals surface area contributed by atoms with Crippen molar-refractivity contribution in [1.29, 1.82) is 0 Å². The molecule has 0 radical (unpaired) electrons. The van der Waals surface area contributed by atoms with Crippen LogP contribution in [0.1, 0.15) is 52.6 Å². The van der Waals surface area contributed by atoms with E-state index in [4.69, 9.17) is 18.9 Å². The Morgan fingerprint density at radius 1 is 1.26 bits per heavy atom. The number of rotatable bonds is 6. The molecule has 3 atom stereocenters. The number of nitrogens with one attached hydrogen (secondary N) is 1. The first-order valence-electron chi connectivity index (χ1n) is 9.14. The Bertz CT molecular complexity index is 622. The van der Waals surface area contributed by atoms with Crippen LogP contribution in [0.5, 0.6) is 5.75 Å². The van der Waals surface area contributed by atoms with Crippen molar-refractivity contribution in [2.45, 2.75) is 70.7 Å². The Hall–Kier alpha value is -1.83. The van der Waals surface area contributed by atoms with E-state index in [-0.39, 0.29) is 12.7 Å². The molecule has 152 valence electrons. The van der Waals surface area contributed by atoms with Gasteiger partial charge in [-0.15, -0.1) is 0 Å². The SMILES string of the molecule is COc1ccc([C@@H](NC(=O)OC(C)(C)C)[C@@H]2OC(C)(C)O[C@H]2CCO)cc1. The zero-order valence-electron chi connectivity index (χ0n) is 16.9. The number of alkyl carbamates (subject to hydrolysis) is 1. The summed E-state index contributed by atoms with van der Waals surface area (Å²) in [7, 11) is 1.60. The lowest BCUT2D eigenvalue weighted by molar-refractivity contribution is -0.149. The van der Waals surface area contributed by atoms with E-state index in [1.807, 2.05) is 58.9 Å². The molecular weight excluding hydrogens is 350 g/mol. The normalized spacial score (nSPS) is 22.9. The molecule has 1 aromatic rings. The fraction of sp³-hybridized carbons (Fsp3) is 0.650. The molecule has 1 aromatic carbocycles. The third-order valence-corrected chi connectivity index (χ3v) is 4.11. The quantitative estimate of drug-likeness (QED) is 0.787. The number of hydrogen-bond donors (Lipinski definition) is 2. The molecule has 0 aliphatic carbocycles. The maximum Gasteiger partial charge on any atom is 0.408 e. The molecule has 0 spiro atoms. The zero-order valence-corrected chi connectivity index (χ0v) is 16.9. The van der Waals surface area contributed by atoms with Crippen LogP contribution in [-0.2, 0) is 14.2 Å². The number of methoxy groups -OCH3 is 1. The molecule has 1 heterocycles. The number of hydrogen-bond acceptors (Lipinski definition) is 6. The molecule has 1 aliphatic rings. The number of aliphatic hydroxyl groups is 1. The molecule has 0 unspecified atom stereocenters. The Labute approximate surface area is 160 Å². The van der Waals surface area contributed by atoms with Crippen LogP contribution < -0.4 is 10.1 Å². The number of carbonyl (C=O) groups excluding carboxylic acids is 1. The second kappa shape index (κ2) is 8.46. The van der Waals surface area contributed by atoms with E-state index in [0.717, 1.165) is 5.56 Å². The Morgan fingerprint density at radius 2 is 1.89 bits per heavy atom. The highest BCUT2D eigenvalue weighted by molar-refractivity contribution is 5.68. The second-order valence-corrected chi connectivity index (χ2v) is 8.05. The first-order valence-corrected chi connectivity index (χ1v) is 9.14. The molecule has 1 aliphatic heterocycles. The van der Waals surface area contributed by atoms with Crippen LogP contribution in [0, 0.1) is 0 Å². The standard InChI is InChI=1S/C20H31NO6/c1-19(2,3)27-18(23)21-16(13-7-9-14(24-6)10-8-13)17-15(11-12-22)25-20(4,5)26-17/h7-10,15-17,22H,11-12H2,1-6H3,(H,21,23)/t15-,16+,17+/m0/s1. The van der Waals surface area contributed by atoms with Gasteiger partial charge in [0.15, 0.2) is 5.79 Å². The second-order valence-electron chi connectivity index (χ2n) is 8.05. The zero-order chi connectivity index (χ0) is 20.2. The summed E-state index contributed by atoms with van der Waals surface area (Å²) in [4.78, 5) is 12.4. The van der Waals surface area contributed by atoms with Crippen LogP contribution in [0.2, 0.25) is 0 Å². The molecule has 7 nitrogen and oxygen atoms in total. The van der Waals surface area contributed by atoms with Crippen LogP contribution in [-0.4, -0.2) is 48.5 Å². The summed E-state index contributed by atoms with van der Waals surface area (Å²) in [5.74, 6) is -0.101. The maximum atomic E-state index is 12.4. The summed E-state index contributed by atoms with van der Waals surface area (Å²) in [6.07, 6.45) is -0.990. The van der Waals surface area contributed by atoms with Gasteiger partial charge in [-0.1, -0.05) is 12.1 Å². The number of carbonyl (C=O) groups is 1. The minimum absolute atomic E-state index is 0.0393. The largest absolute Gasteiger partial charge is 0.497 e. The van der Waals surface area contributed by atoms with Crippen LogP contribution in [0.15, 0.2) is 24.3 Å². The number of amides is 1. The minimum Gasteiger partial charge on any atom is -0.497 e. The lowest BCUT2D eigenvalue weighted by Crippen LogP contribution is -2.43. The summed E-state index contributed by atoms with van der Waals surface area (Å²) in [6.45, 7) is 9.01. The molecule has 7 heteroatoms. The van der Waals surface area contributed by atoms with Crippen LogP contribution in [0.3, 0.4) is 0 Å². The summed E-state index contributed by atoms with van der Waals surface area (Å²) in [6, 6.07) is 6.86. The first-order chi connectivity index (χ1) is 12.5. The van der Waals surface area contributed by atoms with E-state index in [9.17, 15) is 9.90 Å². The fourth-order valence-electron chi connectivity index (χ4n) is 3.10. The minimum atomic E-state index is -0.815. The Morgan fingerprint density at radius 3 is 2.41 bits per heavy atom. The van der Waals surface area contributed by atoms with Gasteiger partial charge < -0.3 is 29.4 Å². The number of ether oxygens (including phenoxy) is 4. The van der Waals surface area contributed by atoms with Crippen LogP contribution in [0.4, 0.5) is 4.79 Å². The van der Waals surface area contributed by atoms with Crippen molar-refractivity contribution in [3.05, 3.63) is 29.8 Å². The Kier molecular flexibility index (Phi) is 6.72. The molecule has 0 bridgehead atoms. The highest BCUT2D eigenvalue weighted by Gasteiger charge is 2.46. The molecule has 0 saturated carbocycles. The van der Waals surface area contributed by atoms with Gasteiger partial charge in [0, 0.05) is 6.61 Å². The lowest BCUT2D eigenvalue weighted by Gasteiger charge is -2.29. The molecule has 27 heavy (non-hydrogen) atoms. The summed E-state index contributed by atoms with van der Waals surface area (Å²) in [5.41, 5.74) is 0.210. The van der Waals surface area contributed by atoms with Crippen LogP contribution >= 0.6 is 0 Å². The van der Waals surface area contributed by atoms with Gasteiger partial charge in [0.25, 0.3) is 0 Å². The lowest BCUT2D eigenvalue weighted by atomic mass is 9.96. The van der Waals surface area contributed by atoms with E-state index in [2.05, 4.69) is 5.32 Å². The van der Waals surface area contributed by atoms with E-state index in [1.165, 1.54) is 0 Å². The predicted molar refractivity (Wildman–Crippen MR) is 101 cm³/mol. The predicted octanol–water partition coefficient (Wildman–Crippen LogP) is 3.16. The molecule has 0 aromatic heterocycles. The van der Waals surface area contributed by atoms with Crippen molar-refractivity contribution in [1.82, 2.24) is 5.32 Å². The van der Waals surface area contributed by atoms with Crippen molar-refractivity contribution in [3.63, 3.8) is 0 Å². The van der Waals surface area contributed by atoms with Gasteiger partial charge >= 0.3 is 6.09 Å². The average Bonchev–Trinajstić information content (AvgIpc) is 2.86. The van der Waals surface area contributed by atoms with Crippen molar-refractivity contribution in [3.8, 4) is 5.75 Å². The first kappa shape index (κ1) is 21.5. The molecule has 2 rings (SSSR count). The smallest absolute Gasteiger partial charge is 0.408 e. The molecular formula is C20H31NO6. The maximum absolute atomic E-state index is 12.4. The Balaban J connectivity index is 2.31. The summed E-state index contributed by atoms with van der Waals surface area (Å²) < 4.78 is 22.6. The van der Waals surface area contributed by atoms with Gasteiger partial charge in [-0.25, -0.2) is 4.79 Å². The van der Waals surface area contributed by atoms with Gasteiger partial charge in [0.1, 0.15) is 17.5 Å². The summed E-state index contributed by atoms with van der Waals surface area (Å²) >= 11 is 0. The molecule has 2 N–H and O–H groups in total. The average molecular weight is 381 g/mol. The highest BCUT2D eigenvalue weighted by Crippen LogP contribution is 2.37. The van der Waals surface area contributed by atoms with Gasteiger partial charge in [-0.05, 0) is 58.7 Å². The van der Waals surface area contributed by atoms with Crippen molar-refractivity contribution < 1.29 is 28.8 Å². The van der Waals surface area contributed by atoms with Crippen molar-refractivity contribution >= 4 is 6.09 Å². The molecule has 1 saturated heterocycles. The van der Waals surface area contributed by atoms with Gasteiger partial charge in [-0.3, -0.25) is 0 Å². The van der Waals surface area contributed by atoms with Gasteiger partial charge in [0.05, 0.1) is 19.3 Å². The van der Waals surface area contributed by atoms with E-state index in [1.54, 1.807) is 7.11 Å². The third kappa shape index (κ3) is 6.09. The molecule has 1 amide bonds. The van der Waals surface area contributed by atoms with E-state index < -0.39 is 29.6 Å². The van der Waals surface area contributed by atoms with Crippen molar-refractivity contribution in [2.24, 2.45) is 0 Å².